The minimum absolute atomic E-state index is 0.00752. The summed E-state index contributed by atoms with van der Waals surface area (Å²) in [5.74, 6) is 0.371. The second-order valence-corrected chi connectivity index (χ2v) is 8.03. The summed E-state index contributed by atoms with van der Waals surface area (Å²) in [6.07, 6.45) is 10.0. The summed E-state index contributed by atoms with van der Waals surface area (Å²) in [6, 6.07) is 3.40. The fourth-order valence-corrected chi connectivity index (χ4v) is 4.29. The lowest BCUT2D eigenvalue weighted by atomic mass is 9.80. The highest BCUT2D eigenvalue weighted by Gasteiger charge is 2.27. The topological polar surface area (TPSA) is 9.23 Å². The Morgan fingerprint density at radius 3 is 2.38 bits per heavy atom. The third kappa shape index (κ3) is 4.17. The Kier molecular flexibility index (Phi) is 5.91. The van der Waals surface area contributed by atoms with Gasteiger partial charge < -0.3 is 4.74 Å². The van der Waals surface area contributed by atoms with Crippen LogP contribution in [0.1, 0.15) is 75.3 Å². The third-order valence-corrected chi connectivity index (χ3v) is 6.15. The van der Waals surface area contributed by atoms with Gasteiger partial charge in [-0.15, -0.1) is 0 Å². The van der Waals surface area contributed by atoms with Gasteiger partial charge in [-0.3, -0.25) is 0 Å². The zero-order valence-corrected chi connectivity index (χ0v) is 15.0. The van der Waals surface area contributed by atoms with Gasteiger partial charge in [0, 0.05) is 5.92 Å². The fourth-order valence-electron chi connectivity index (χ4n) is 4.29. The van der Waals surface area contributed by atoms with Crippen molar-refractivity contribution in [1.29, 1.82) is 0 Å². The van der Waals surface area contributed by atoms with Crippen molar-refractivity contribution in [3.63, 3.8) is 0 Å². The number of halogens is 2. The van der Waals surface area contributed by atoms with Gasteiger partial charge in [-0.25, -0.2) is 8.78 Å². The van der Waals surface area contributed by atoms with Crippen molar-refractivity contribution in [2.75, 3.05) is 6.61 Å². The summed E-state index contributed by atoms with van der Waals surface area (Å²) in [4.78, 5) is 0. The van der Waals surface area contributed by atoms with Gasteiger partial charge in [0.1, 0.15) is 0 Å². The van der Waals surface area contributed by atoms with Crippen LogP contribution in [-0.4, -0.2) is 12.7 Å². The standard InChI is InChI=1S/C21H30F2O/c1-14-3-6-16(7-4-14)8-10-18-11-9-17(13-24-18)19-12-5-15(2)20(22)21(19)23/h5,12,14,16-18H,3-4,6-11,13H2,1-2H3. The van der Waals surface area contributed by atoms with E-state index in [1.807, 2.05) is 0 Å². The average Bonchev–Trinajstić information content (AvgIpc) is 2.60. The number of aryl methyl sites for hydroxylation is 1. The Morgan fingerprint density at radius 1 is 0.958 bits per heavy atom. The summed E-state index contributed by atoms with van der Waals surface area (Å²) in [5.41, 5.74) is 0.852. The molecule has 134 valence electrons. The highest BCUT2D eigenvalue weighted by molar-refractivity contribution is 5.28. The predicted octanol–water partition coefficient (Wildman–Crippen LogP) is 6.14. The van der Waals surface area contributed by atoms with E-state index in [-0.39, 0.29) is 5.92 Å². The molecule has 0 amide bonds. The van der Waals surface area contributed by atoms with Gasteiger partial charge in [-0.2, -0.15) is 0 Å². The molecule has 3 rings (SSSR count). The molecule has 1 aromatic rings. The van der Waals surface area contributed by atoms with E-state index in [1.54, 1.807) is 19.1 Å². The minimum atomic E-state index is -0.707. The first kappa shape index (κ1) is 17.8. The monoisotopic (exact) mass is 336 g/mol. The quantitative estimate of drug-likeness (QED) is 0.641. The lowest BCUT2D eigenvalue weighted by Gasteiger charge is -2.32. The van der Waals surface area contributed by atoms with Crippen LogP contribution in [0.15, 0.2) is 12.1 Å². The maximum Gasteiger partial charge on any atom is 0.162 e. The molecule has 1 aliphatic heterocycles. The van der Waals surface area contributed by atoms with Crippen molar-refractivity contribution in [3.05, 3.63) is 34.9 Å². The van der Waals surface area contributed by atoms with E-state index in [1.165, 1.54) is 32.1 Å². The summed E-state index contributed by atoms with van der Waals surface area (Å²) in [7, 11) is 0. The van der Waals surface area contributed by atoms with Crippen molar-refractivity contribution in [2.24, 2.45) is 11.8 Å². The third-order valence-electron chi connectivity index (χ3n) is 6.15. The van der Waals surface area contributed by atoms with Crippen molar-refractivity contribution < 1.29 is 13.5 Å². The molecular weight excluding hydrogens is 306 g/mol. The molecule has 0 bridgehead atoms. The van der Waals surface area contributed by atoms with Crippen LogP contribution in [0.5, 0.6) is 0 Å². The molecule has 0 N–H and O–H groups in total. The molecule has 0 spiro atoms. The molecular formula is C21H30F2O. The van der Waals surface area contributed by atoms with Crippen LogP contribution in [0.25, 0.3) is 0 Å². The zero-order valence-electron chi connectivity index (χ0n) is 15.0. The van der Waals surface area contributed by atoms with Crippen LogP contribution in [0.3, 0.4) is 0 Å². The predicted molar refractivity (Wildman–Crippen MR) is 93.2 cm³/mol. The van der Waals surface area contributed by atoms with Crippen molar-refractivity contribution in [3.8, 4) is 0 Å². The largest absolute Gasteiger partial charge is 0.378 e. The molecule has 2 unspecified atom stereocenters. The first-order valence-corrected chi connectivity index (χ1v) is 9.60. The summed E-state index contributed by atoms with van der Waals surface area (Å²) in [5, 5.41) is 0. The number of benzene rings is 1. The van der Waals surface area contributed by atoms with Gasteiger partial charge in [-0.1, -0.05) is 44.7 Å². The second-order valence-electron chi connectivity index (χ2n) is 8.03. The number of hydrogen-bond acceptors (Lipinski definition) is 1. The van der Waals surface area contributed by atoms with E-state index in [0.717, 1.165) is 31.1 Å². The molecule has 1 saturated heterocycles. The fraction of sp³-hybridized carbons (Fsp3) is 0.714. The summed E-state index contributed by atoms with van der Waals surface area (Å²) in [6.45, 7) is 4.47. The van der Waals surface area contributed by atoms with E-state index < -0.39 is 11.6 Å². The van der Waals surface area contributed by atoms with Gasteiger partial charge in [0.2, 0.25) is 0 Å². The molecule has 2 fully saturated rings. The molecule has 1 nitrogen and oxygen atoms in total. The van der Waals surface area contributed by atoms with E-state index in [2.05, 4.69) is 6.92 Å². The van der Waals surface area contributed by atoms with E-state index in [0.29, 0.717) is 23.8 Å². The Morgan fingerprint density at radius 2 is 1.71 bits per heavy atom. The lowest BCUT2D eigenvalue weighted by molar-refractivity contribution is -0.00586. The molecule has 1 saturated carbocycles. The normalized spacial score (nSPS) is 31.2. The van der Waals surface area contributed by atoms with Gasteiger partial charge in [-0.05, 0) is 55.6 Å². The summed E-state index contributed by atoms with van der Waals surface area (Å²) >= 11 is 0. The molecule has 3 heteroatoms. The van der Waals surface area contributed by atoms with E-state index in [9.17, 15) is 8.78 Å². The van der Waals surface area contributed by atoms with Gasteiger partial charge in [0.15, 0.2) is 11.6 Å². The molecule has 1 heterocycles. The van der Waals surface area contributed by atoms with Gasteiger partial charge in [0.05, 0.1) is 12.7 Å². The molecule has 24 heavy (non-hydrogen) atoms. The molecule has 0 radical (unpaired) electrons. The van der Waals surface area contributed by atoms with E-state index in [4.69, 9.17) is 4.74 Å². The first-order valence-electron chi connectivity index (χ1n) is 9.60. The van der Waals surface area contributed by atoms with Crippen LogP contribution >= 0.6 is 0 Å². The highest BCUT2D eigenvalue weighted by Crippen LogP contribution is 2.35. The Labute approximate surface area is 144 Å². The molecule has 1 aliphatic carbocycles. The molecule has 2 atom stereocenters. The molecule has 0 aromatic heterocycles. The highest BCUT2D eigenvalue weighted by atomic mass is 19.2. The first-order chi connectivity index (χ1) is 11.5. The second kappa shape index (κ2) is 7.95. The Balaban J connectivity index is 1.47. The average molecular weight is 336 g/mol. The zero-order chi connectivity index (χ0) is 17.1. The minimum Gasteiger partial charge on any atom is -0.378 e. The number of hydrogen-bond donors (Lipinski definition) is 0. The number of rotatable bonds is 4. The van der Waals surface area contributed by atoms with Crippen molar-refractivity contribution in [1.82, 2.24) is 0 Å². The lowest BCUT2D eigenvalue weighted by Crippen LogP contribution is -2.26. The van der Waals surface area contributed by atoms with Crippen LogP contribution in [0.2, 0.25) is 0 Å². The SMILES string of the molecule is Cc1ccc(C2CCC(CCC3CCC(C)CC3)OC2)c(F)c1F. The maximum atomic E-state index is 14.1. The Hall–Kier alpha value is -0.960. The van der Waals surface area contributed by atoms with Crippen LogP contribution in [0.4, 0.5) is 8.78 Å². The van der Waals surface area contributed by atoms with Crippen LogP contribution < -0.4 is 0 Å². The number of ether oxygens (including phenoxy) is 1. The van der Waals surface area contributed by atoms with Crippen LogP contribution in [-0.2, 0) is 4.74 Å². The smallest absolute Gasteiger partial charge is 0.162 e. The Bertz CT molecular complexity index is 541. The van der Waals surface area contributed by atoms with Gasteiger partial charge >= 0.3 is 0 Å². The van der Waals surface area contributed by atoms with Crippen molar-refractivity contribution in [2.45, 2.75) is 77.2 Å². The van der Waals surface area contributed by atoms with Gasteiger partial charge in [0.25, 0.3) is 0 Å². The van der Waals surface area contributed by atoms with Crippen molar-refractivity contribution >= 4 is 0 Å². The summed E-state index contributed by atoms with van der Waals surface area (Å²) < 4.78 is 33.9. The molecule has 1 aromatic carbocycles. The maximum absolute atomic E-state index is 14.1. The molecule has 2 aliphatic rings. The van der Waals surface area contributed by atoms with Crippen LogP contribution in [0, 0.1) is 30.4 Å². The van der Waals surface area contributed by atoms with E-state index >= 15 is 0 Å².